The number of aliphatic hydroxyl groups excluding tert-OH is 1. The summed E-state index contributed by atoms with van der Waals surface area (Å²) in [6.45, 7) is 9.04. The molecule has 40 heavy (non-hydrogen) atoms. The van der Waals surface area contributed by atoms with Crippen LogP contribution < -0.4 is 0 Å². The van der Waals surface area contributed by atoms with Crippen LogP contribution in [0.2, 0.25) is 0 Å². The van der Waals surface area contributed by atoms with Gasteiger partial charge >= 0.3 is 5.97 Å². The first-order valence-corrected chi connectivity index (χ1v) is 20.9. The topological polar surface area (TPSA) is 46.5 Å². The maximum atomic E-state index is 13.3. The van der Waals surface area contributed by atoms with Crippen LogP contribution in [0, 0.1) is 0 Å². The van der Waals surface area contributed by atoms with Crippen molar-refractivity contribution < 1.29 is 36.1 Å². The first kappa shape index (κ1) is 43.1. The van der Waals surface area contributed by atoms with Gasteiger partial charge in [-0.1, -0.05) is 164 Å². The van der Waals surface area contributed by atoms with Crippen LogP contribution in [0.15, 0.2) is 0 Å². The number of carbonyl (C=O) groups excluding carboxylic acids is 1. The van der Waals surface area contributed by atoms with Gasteiger partial charge < -0.3 is 9.63 Å². The van der Waals surface area contributed by atoms with Crippen molar-refractivity contribution in [3.63, 3.8) is 0 Å². The van der Waals surface area contributed by atoms with Crippen LogP contribution in [0.3, 0.4) is 0 Å². The van der Waals surface area contributed by atoms with Gasteiger partial charge in [0.2, 0.25) is 0 Å². The number of unbranched alkanes of at least 4 members (excludes halogenated alkanes) is 20. The van der Waals surface area contributed by atoms with E-state index in [9.17, 15) is 9.90 Å². The van der Waals surface area contributed by atoms with Crippen molar-refractivity contribution in [2.45, 2.75) is 188 Å². The largest absolute Gasteiger partial charge is 0.443 e. The standard InChI is InChI=1S/C34H70O3P2.Ti/c1-5-9-13-17-21-25-29-38(30-26-22-18-14-10-6-2)34(36)33(35)37-39(31-27-23-19-15-11-7-3)32-28-24-20-16-12-8-4;/h34,36H,5-32H2,1-4H3;. The molecule has 1 N–H and O–H groups in total. The summed E-state index contributed by atoms with van der Waals surface area (Å²) in [6, 6.07) is 0. The third-order valence-electron chi connectivity index (χ3n) is 7.90. The summed E-state index contributed by atoms with van der Waals surface area (Å²) < 4.78 is 6.16. The van der Waals surface area contributed by atoms with E-state index in [1.54, 1.807) is 0 Å². The molecule has 0 aliphatic rings. The Morgan fingerprint density at radius 2 is 0.775 bits per heavy atom. The average molecular weight is 637 g/mol. The molecule has 0 saturated heterocycles. The summed E-state index contributed by atoms with van der Waals surface area (Å²) in [4.78, 5) is 13.3. The Morgan fingerprint density at radius 3 is 1.10 bits per heavy atom. The summed E-state index contributed by atoms with van der Waals surface area (Å²) in [7, 11) is -1.45. The van der Waals surface area contributed by atoms with Crippen LogP contribution in [0.25, 0.3) is 0 Å². The molecule has 0 radical (unpaired) electrons. The SMILES string of the molecule is CCCCCCCCP(CCCCCCCC)OC(=O)C(O)P(CCCCCCCC)CCCCCCCC.[Ti]. The van der Waals surface area contributed by atoms with Gasteiger partial charge in [0.1, 0.15) is 0 Å². The van der Waals surface area contributed by atoms with E-state index in [0.717, 1.165) is 37.5 Å². The molecule has 1 atom stereocenters. The maximum Gasteiger partial charge on any atom is 0.341 e. The predicted molar refractivity (Wildman–Crippen MR) is 179 cm³/mol. The second-order valence-electron chi connectivity index (χ2n) is 11.8. The molecule has 0 aromatic carbocycles. The Labute approximate surface area is 269 Å². The molecule has 0 rings (SSSR count). The van der Waals surface area contributed by atoms with E-state index in [-0.39, 0.29) is 27.7 Å². The Kier molecular flexibility index (Phi) is 37.2. The van der Waals surface area contributed by atoms with Crippen molar-refractivity contribution in [1.82, 2.24) is 0 Å². The minimum absolute atomic E-state index is 0. The Balaban J connectivity index is 0. The molecule has 0 heterocycles. The van der Waals surface area contributed by atoms with Crippen LogP contribution in [0.4, 0.5) is 0 Å². The quantitative estimate of drug-likeness (QED) is 0.0468. The van der Waals surface area contributed by atoms with E-state index in [1.807, 2.05) is 0 Å². The van der Waals surface area contributed by atoms with Crippen LogP contribution in [-0.4, -0.2) is 41.6 Å². The summed E-state index contributed by atoms with van der Waals surface area (Å²) in [5, 5.41) is 11.2. The number of hydrogen-bond donors (Lipinski definition) is 1. The van der Waals surface area contributed by atoms with Gasteiger partial charge in [-0.05, 0) is 38.0 Å². The van der Waals surface area contributed by atoms with Crippen LogP contribution in [0.1, 0.15) is 182 Å². The normalized spacial score (nSPS) is 12.2. The van der Waals surface area contributed by atoms with Crippen molar-refractivity contribution >= 4 is 22.0 Å². The van der Waals surface area contributed by atoms with E-state index < -0.39 is 21.9 Å². The number of carbonyl (C=O) groups is 1. The minimum atomic E-state index is -0.870. The van der Waals surface area contributed by atoms with Gasteiger partial charge in [0.15, 0.2) is 5.85 Å². The number of aliphatic hydroxyl groups is 1. The third kappa shape index (κ3) is 27.8. The van der Waals surface area contributed by atoms with Crippen molar-refractivity contribution in [2.24, 2.45) is 0 Å². The molecule has 0 amide bonds. The van der Waals surface area contributed by atoms with Crippen LogP contribution in [0.5, 0.6) is 0 Å². The van der Waals surface area contributed by atoms with Gasteiger partial charge in [-0.15, -0.1) is 0 Å². The average Bonchev–Trinajstić information content (AvgIpc) is 2.94. The molecule has 6 heteroatoms. The molecule has 238 valence electrons. The summed E-state index contributed by atoms with van der Waals surface area (Å²) in [5.74, 6) is -1.15. The van der Waals surface area contributed by atoms with Gasteiger partial charge in [-0.25, -0.2) is 4.79 Å². The first-order chi connectivity index (χ1) is 19.1. The van der Waals surface area contributed by atoms with Gasteiger partial charge in [-0.2, -0.15) is 0 Å². The molecular formula is C34H70O3P2Ti. The van der Waals surface area contributed by atoms with Gasteiger partial charge in [0.05, 0.1) is 8.15 Å². The molecule has 1 unspecified atom stereocenters. The molecule has 0 aromatic rings. The summed E-state index contributed by atoms with van der Waals surface area (Å²) >= 11 is 0. The van der Waals surface area contributed by atoms with Crippen molar-refractivity contribution in [3.8, 4) is 0 Å². The molecule has 0 bridgehead atoms. The molecule has 3 nitrogen and oxygen atoms in total. The van der Waals surface area contributed by atoms with E-state index in [1.165, 1.54) is 141 Å². The zero-order valence-corrected chi connectivity index (χ0v) is 30.9. The Morgan fingerprint density at radius 1 is 0.500 bits per heavy atom. The Bertz CT molecular complexity index is 478. The zero-order valence-electron chi connectivity index (χ0n) is 27.5. The predicted octanol–water partition coefficient (Wildman–Crippen LogP) is 12.2. The fraction of sp³-hybridized carbons (Fsp3) is 0.971. The fourth-order valence-corrected chi connectivity index (χ4v) is 9.53. The molecule has 0 aliphatic heterocycles. The van der Waals surface area contributed by atoms with E-state index in [0.29, 0.717) is 0 Å². The Hall–Kier alpha value is 1.00. The molecule has 0 aliphatic carbocycles. The fourth-order valence-electron chi connectivity index (χ4n) is 5.21. The summed E-state index contributed by atoms with van der Waals surface area (Å²) in [5.41, 5.74) is 0. The van der Waals surface area contributed by atoms with Gasteiger partial charge in [-0.3, -0.25) is 0 Å². The van der Waals surface area contributed by atoms with Gasteiger partial charge in [0.25, 0.3) is 0 Å². The van der Waals surface area contributed by atoms with E-state index in [4.69, 9.17) is 4.52 Å². The van der Waals surface area contributed by atoms with E-state index >= 15 is 0 Å². The van der Waals surface area contributed by atoms with Gasteiger partial charge in [0, 0.05) is 34.0 Å². The minimum Gasteiger partial charge on any atom is -0.443 e. The monoisotopic (exact) mass is 636 g/mol. The molecule has 0 aromatic heterocycles. The van der Waals surface area contributed by atoms with Crippen LogP contribution >= 0.6 is 16.1 Å². The number of hydrogen-bond acceptors (Lipinski definition) is 3. The molecule has 0 spiro atoms. The molecule has 0 fully saturated rings. The third-order valence-corrected chi connectivity index (χ3v) is 12.6. The summed E-state index contributed by atoms with van der Waals surface area (Å²) in [6.07, 6.45) is 34.6. The number of rotatable bonds is 31. The maximum absolute atomic E-state index is 13.3. The second kappa shape index (κ2) is 34.5. The molecule has 0 saturated carbocycles. The smallest absolute Gasteiger partial charge is 0.341 e. The zero-order chi connectivity index (χ0) is 28.8. The van der Waals surface area contributed by atoms with Crippen molar-refractivity contribution in [1.29, 1.82) is 0 Å². The first-order valence-electron chi connectivity index (χ1n) is 17.5. The van der Waals surface area contributed by atoms with Crippen LogP contribution in [-0.2, 0) is 31.0 Å². The second-order valence-corrected chi connectivity index (χ2v) is 16.4. The van der Waals surface area contributed by atoms with E-state index in [2.05, 4.69) is 27.7 Å². The molecular weight excluding hydrogens is 566 g/mol. The van der Waals surface area contributed by atoms with Crippen molar-refractivity contribution in [2.75, 3.05) is 24.6 Å². The van der Waals surface area contributed by atoms with Crippen molar-refractivity contribution in [3.05, 3.63) is 0 Å².